The smallest absolute Gasteiger partial charge is 0.207 e. The van der Waals surface area contributed by atoms with Gasteiger partial charge in [-0.05, 0) is 36.5 Å². The van der Waals surface area contributed by atoms with E-state index in [2.05, 4.69) is 13.8 Å². The molecule has 0 N–H and O–H groups in total. The first kappa shape index (κ1) is 19.5. The highest BCUT2D eigenvalue weighted by atomic mass is 35.7. The second-order valence-electron chi connectivity index (χ2n) is 5.91. The molecule has 0 unspecified atom stereocenters. The molecule has 2 nitrogen and oxygen atoms in total. The summed E-state index contributed by atoms with van der Waals surface area (Å²) in [5, 5.41) is 0. The molecule has 0 aliphatic carbocycles. The van der Waals surface area contributed by atoms with Crippen LogP contribution in [0.5, 0.6) is 0 Å². The van der Waals surface area contributed by atoms with E-state index in [-0.39, 0.29) is 0 Å². The van der Waals surface area contributed by atoms with Crippen LogP contribution < -0.4 is 0 Å². The van der Waals surface area contributed by atoms with Gasteiger partial charge in [0.1, 0.15) is 0 Å². The first-order chi connectivity index (χ1) is 10.5. The van der Waals surface area contributed by atoms with E-state index in [9.17, 15) is 8.42 Å². The van der Waals surface area contributed by atoms with E-state index in [4.69, 9.17) is 10.7 Å². The van der Waals surface area contributed by atoms with Crippen molar-refractivity contribution in [2.75, 3.05) is 0 Å². The molecule has 4 heteroatoms. The minimum absolute atomic E-state index is 0.302. The van der Waals surface area contributed by atoms with Gasteiger partial charge in [0.05, 0.1) is 4.90 Å². The summed E-state index contributed by atoms with van der Waals surface area (Å²) in [6.45, 7) is 4.28. The van der Waals surface area contributed by atoms with Gasteiger partial charge in [-0.2, -0.15) is 0 Å². The number of rotatable bonds is 11. The van der Waals surface area contributed by atoms with Crippen LogP contribution in [0.1, 0.15) is 76.3 Å². The summed E-state index contributed by atoms with van der Waals surface area (Å²) >= 11 is 0. The zero-order valence-corrected chi connectivity index (χ0v) is 15.5. The third kappa shape index (κ3) is 6.70. The van der Waals surface area contributed by atoms with E-state index in [0.717, 1.165) is 36.8 Å². The van der Waals surface area contributed by atoms with E-state index in [1.165, 1.54) is 38.5 Å². The van der Waals surface area contributed by atoms with Crippen LogP contribution in [-0.4, -0.2) is 8.42 Å². The summed E-state index contributed by atoms with van der Waals surface area (Å²) in [6, 6.07) is 5.42. The fraction of sp³-hybridized carbons (Fsp3) is 0.667. The van der Waals surface area contributed by atoms with Crippen molar-refractivity contribution in [1.82, 2.24) is 0 Å². The monoisotopic (exact) mass is 344 g/mol. The maximum absolute atomic E-state index is 11.7. The molecule has 0 aliphatic rings. The van der Waals surface area contributed by atoms with Crippen molar-refractivity contribution in [2.45, 2.75) is 83.0 Å². The molecule has 0 amide bonds. The highest BCUT2D eigenvalue weighted by Crippen LogP contribution is 2.25. The predicted octanol–water partition coefficient (Wildman–Crippen LogP) is 5.86. The average molecular weight is 345 g/mol. The Labute approximate surface area is 140 Å². The quantitative estimate of drug-likeness (QED) is 0.372. The van der Waals surface area contributed by atoms with Gasteiger partial charge in [-0.25, -0.2) is 8.42 Å². The fourth-order valence-electron chi connectivity index (χ4n) is 2.89. The SMILES string of the molecule is CCCCCCCCCCc1c(CC)cccc1S(=O)(=O)Cl. The van der Waals surface area contributed by atoms with Gasteiger partial charge >= 0.3 is 0 Å². The molecule has 0 fully saturated rings. The van der Waals surface area contributed by atoms with Crippen LogP contribution >= 0.6 is 10.7 Å². The molecule has 0 atom stereocenters. The van der Waals surface area contributed by atoms with E-state index >= 15 is 0 Å². The van der Waals surface area contributed by atoms with Crippen LogP contribution in [0.15, 0.2) is 23.1 Å². The van der Waals surface area contributed by atoms with Gasteiger partial charge in [0.15, 0.2) is 0 Å². The topological polar surface area (TPSA) is 34.1 Å². The fourth-order valence-corrected chi connectivity index (χ4v) is 4.09. The van der Waals surface area contributed by atoms with Gasteiger partial charge in [0.25, 0.3) is 9.05 Å². The zero-order valence-electron chi connectivity index (χ0n) is 13.9. The van der Waals surface area contributed by atoms with Gasteiger partial charge in [0, 0.05) is 10.7 Å². The van der Waals surface area contributed by atoms with Gasteiger partial charge in [-0.15, -0.1) is 0 Å². The Balaban J connectivity index is 2.51. The van der Waals surface area contributed by atoms with Crippen molar-refractivity contribution >= 4 is 19.7 Å². The maximum atomic E-state index is 11.7. The van der Waals surface area contributed by atoms with Gasteiger partial charge in [0.2, 0.25) is 0 Å². The summed E-state index contributed by atoms with van der Waals surface area (Å²) in [4.78, 5) is 0.302. The summed E-state index contributed by atoms with van der Waals surface area (Å²) in [6.07, 6.45) is 11.6. The molecule has 0 bridgehead atoms. The molecule has 1 aromatic rings. The number of hydrogen-bond acceptors (Lipinski definition) is 2. The summed E-state index contributed by atoms with van der Waals surface area (Å²) in [5.74, 6) is 0. The number of halogens is 1. The molecule has 0 aliphatic heterocycles. The maximum Gasteiger partial charge on any atom is 0.261 e. The van der Waals surface area contributed by atoms with Crippen LogP contribution in [0.2, 0.25) is 0 Å². The third-order valence-corrected chi connectivity index (χ3v) is 5.56. The van der Waals surface area contributed by atoms with Crippen molar-refractivity contribution < 1.29 is 8.42 Å². The lowest BCUT2D eigenvalue weighted by atomic mass is 9.99. The minimum atomic E-state index is -3.65. The summed E-state index contributed by atoms with van der Waals surface area (Å²) in [5.41, 5.74) is 2.02. The van der Waals surface area contributed by atoms with Crippen molar-refractivity contribution in [2.24, 2.45) is 0 Å². The highest BCUT2D eigenvalue weighted by Gasteiger charge is 2.17. The molecule has 1 aromatic carbocycles. The molecule has 126 valence electrons. The van der Waals surface area contributed by atoms with Crippen molar-refractivity contribution in [3.8, 4) is 0 Å². The van der Waals surface area contributed by atoms with E-state index in [1.807, 2.05) is 6.07 Å². The summed E-state index contributed by atoms with van der Waals surface area (Å²) in [7, 11) is 1.92. The Bertz CT molecular complexity index is 538. The van der Waals surface area contributed by atoms with Gasteiger partial charge in [-0.3, -0.25) is 0 Å². The number of unbranched alkanes of at least 4 members (excludes halogenated alkanes) is 7. The van der Waals surface area contributed by atoms with Crippen LogP contribution in [0.3, 0.4) is 0 Å². The molecule has 22 heavy (non-hydrogen) atoms. The minimum Gasteiger partial charge on any atom is -0.207 e. The Morgan fingerprint density at radius 3 is 2.05 bits per heavy atom. The molecule has 0 saturated heterocycles. The Kier molecular flexibility index (Phi) is 9.11. The normalized spacial score (nSPS) is 11.8. The molecule has 0 spiro atoms. The van der Waals surface area contributed by atoms with Crippen LogP contribution in [-0.2, 0) is 21.9 Å². The van der Waals surface area contributed by atoms with Gasteiger partial charge in [-0.1, -0.05) is 70.9 Å². The Hall–Kier alpha value is -0.540. The molecule has 1 rings (SSSR count). The van der Waals surface area contributed by atoms with Crippen molar-refractivity contribution in [3.05, 3.63) is 29.3 Å². The molecular weight excluding hydrogens is 316 g/mol. The first-order valence-electron chi connectivity index (χ1n) is 8.56. The molecule has 0 saturated carbocycles. The summed E-state index contributed by atoms with van der Waals surface area (Å²) < 4.78 is 23.4. The van der Waals surface area contributed by atoms with E-state index < -0.39 is 9.05 Å². The number of benzene rings is 1. The van der Waals surface area contributed by atoms with E-state index in [0.29, 0.717) is 4.90 Å². The zero-order chi connectivity index (χ0) is 16.4. The van der Waals surface area contributed by atoms with Crippen LogP contribution in [0, 0.1) is 0 Å². The lowest BCUT2D eigenvalue weighted by Crippen LogP contribution is -2.02. The Morgan fingerprint density at radius 1 is 0.909 bits per heavy atom. The lowest BCUT2D eigenvalue weighted by Gasteiger charge is -2.12. The highest BCUT2D eigenvalue weighted by molar-refractivity contribution is 8.13. The second kappa shape index (κ2) is 10.3. The molecule has 0 radical (unpaired) electrons. The lowest BCUT2D eigenvalue weighted by molar-refractivity contribution is 0.573. The third-order valence-electron chi connectivity index (χ3n) is 4.15. The molecular formula is C18H29ClO2S. The Morgan fingerprint density at radius 2 is 1.50 bits per heavy atom. The second-order valence-corrected chi connectivity index (χ2v) is 8.44. The van der Waals surface area contributed by atoms with Crippen LogP contribution in [0.4, 0.5) is 0 Å². The van der Waals surface area contributed by atoms with Crippen molar-refractivity contribution in [1.29, 1.82) is 0 Å². The number of hydrogen-bond donors (Lipinski definition) is 0. The van der Waals surface area contributed by atoms with Crippen LogP contribution in [0.25, 0.3) is 0 Å². The number of aryl methyl sites for hydroxylation is 1. The molecule has 0 heterocycles. The average Bonchev–Trinajstić information content (AvgIpc) is 2.48. The van der Waals surface area contributed by atoms with Crippen molar-refractivity contribution in [3.63, 3.8) is 0 Å². The van der Waals surface area contributed by atoms with Gasteiger partial charge < -0.3 is 0 Å². The molecule has 0 aromatic heterocycles. The standard InChI is InChI=1S/C18H29ClO2S/c1-3-5-6-7-8-9-10-11-14-17-16(4-2)13-12-15-18(17)22(19,20)21/h12-13,15H,3-11,14H2,1-2H3. The van der Waals surface area contributed by atoms with E-state index in [1.54, 1.807) is 12.1 Å². The largest absolute Gasteiger partial charge is 0.261 e. The first-order valence-corrected chi connectivity index (χ1v) is 10.9. The predicted molar refractivity (Wildman–Crippen MR) is 95.2 cm³/mol.